The van der Waals surface area contributed by atoms with Gasteiger partial charge in [-0.1, -0.05) is 24.3 Å². The van der Waals surface area contributed by atoms with E-state index >= 15 is 0 Å². The fraction of sp³-hybridized carbons (Fsp3) is 0.368. The van der Waals surface area contributed by atoms with E-state index in [2.05, 4.69) is 5.32 Å². The van der Waals surface area contributed by atoms with Crippen molar-refractivity contribution < 1.29 is 29.0 Å². The summed E-state index contributed by atoms with van der Waals surface area (Å²) in [5.74, 6) is -1.95. The number of rotatable bonds is 7. The fourth-order valence-corrected chi connectivity index (χ4v) is 4.64. The van der Waals surface area contributed by atoms with Crippen LogP contribution in [0.15, 0.2) is 35.5 Å². The van der Waals surface area contributed by atoms with Crippen molar-refractivity contribution in [2.75, 3.05) is 12.4 Å². The van der Waals surface area contributed by atoms with E-state index in [1.54, 1.807) is 12.1 Å². The number of halogens is 1. The summed E-state index contributed by atoms with van der Waals surface area (Å²) in [4.78, 5) is 48.7. The number of alkyl halides is 1. The van der Waals surface area contributed by atoms with E-state index in [1.165, 1.54) is 18.7 Å². The number of hydrogen-bond acceptors (Lipinski definition) is 6. The van der Waals surface area contributed by atoms with Crippen molar-refractivity contribution in [2.24, 2.45) is 0 Å². The molecule has 1 saturated heterocycles. The lowest BCUT2D eigenvalue weighted by Gasteiger charge is -2.49. The number of amides is 2. The number of β-lactam (4-membered cyclic amide) rings is 1. The molecule has 2 aliphatic rings. The fourth-order valence-electron chi connectivity index (χ4n) is 3.14. The monoisotopic (exact) mass is 438 g/mol. The first-order chi connectivity index (χ1) is 13.8. The zero-order chi connectivity index (χ0) is 21.1. The summed E-state index contributed by atoms with van der Waals surface area (Å²) >= 11 is 7.07. The number of benzene rings is 1. The number of hydrogen-bond donors (Lipinski definition) is 2. The minimum absolute atomic E-state index is 0.100. The molecule has 8 nitrogen and oxygen atoms in total. The van der Waals surface area contributed by atoms with Crippen molar-refractivity contribution in [2.45, 2.75) is 30.6 Å². The molecule has 0 spiro atoms. The highest BCUT2D eigenvalue weighted by Gasteiger charge is 2.54. The molecule has 1 fully saturated rings. The summed E-state index contributed by atoms with van der Waals surface area (Å²) in [6.45, 7) is 1.04. The first-order valence-corrected chi connectivity index (χ1v) is 10.4. The standard InChI is InChI=1S/C19H19ClN2O6S/c1-10(23)28-8-13-9-29-18-15(17(25)22(18)16(13)19(26)27)21-14(24)6-11-2-4-12(7-20)5-3-11/h2-5,15,18H,6-9H2,1H3,(H,21,24)(H,26,27). The van der Waals surface area contributed by atoms with Crippen molar-refractivity contribution >= 4 is 47.1 Å². The Morgan fingerprint density at radius 3 is 2.52 bits per heavy atom. The predicted octanol–water partition coefficient (Wildman–Crippen LogP) is 1.27. The largest absolute Gasteiger partial charge is 0.477 e. The van der Waals surface area contributed by atoms with Gasteiger partial charge in [-0.3, -0.25) is 19.3 Å². The molecular weight excluding hydrogens is 420 g/mol. The molecule has 29 heavy (non-hydrogen) atoms. The van der Waals surface area contributed by atoms with Crippen LogP contribution in [-0.4, -0.2) is 57.5 Å². The highest BCUT2D eigenvalue weighted by Crippen LogP contribution is 2.40. The van der Waals surface area contributed by atoms with Gasteiger partial charge in [-0.25, -0.2) is 4.79 Å². The number of aliphatic carboxylic acids is 1. The van der Waals surface area contributed by atoms with Crippen LogP contribution >= 0.6 is 23.4 Å². The zero-order valence-corrected chi connectivity index (χ0v) is 17.1. The number of fused-ring (bicyclic) bond motifs is 1. The van der Waals surface area contributed by atoms with E-state index in [4.69, 9.17) is 16.3 Å². The van der Waals surface area contributed by atoms with Gasteiger partial charge in [0.2, 0.25) is 5.91 Å². The van der Waals surface area contributed by atoms with Crippen LogP contribution < -0.4 is 5.32 Å². The molecule has 0 bridgehead atoms. The van der Waals surface area contributed by atoms with Gasteiger partial charge < -0.3 is 15.2 Å². The highest BCUT2D eigenvalue weighted by molar-refractivity contribution is 8.00. The Balaban J connectivity index is 1.66. The molecule has 0 aliphatic carbocycles. The number of nitrogens with zero attached hydrogens (tertiary/aromatic N) is 1. The minimum Gasteiger partial charge on any atom is -0.477 e. The van der Waals surface area contributed by atoms with Gasteiger partial charge in [-0.15, -0.1) is 23.4 Å². The Bertz CT molecular complexity index is 885. The Morgan fingerprint density at radius 2 is 1.93 bits per heavy atom. The number of nitrogens with one attached hydrogen (secondary N) is 1. The van der Waals surface area contributed by atoms with E-state index in [1.807, 2.05) is 12.1 Å². The Labute approximate surface area is 176 Å². The summed E-state index contributed by atoms with van der Waals surface area (Å²) in [7, 11) is 0. The van der Waals surface area contributed by atoms with Gasteiger partial charge in [0.15, 0.2) is 0 Å². The second-order valence-corrected chi connectivity index (χ2v) is 7.99. The Kier molecular flexibility index (Phi) is 6.49. The maximum atomic E-state index is 12.5. The zero-order valence-electron chi connectivity index (χ0n) is 15.5. The van der Waals surface area contributed by atoms with E-state index < -0.39 is 29.3 Å². The lowest BCUT2D eigenvalue weighted by Crippen LogP contribution is -2.70. The number of carbonyl (C=O) groups is 4. The normalized spacial score (nSPS) is 20.6. The van der Waals surface area contributed by atoms with Crippen LogP contribution in [0, 0.1) is 0 Å². The third kappa shape index (κ3) is 4.56. The molecule has 2 amide bonds. The van der Waals surface area contributed by atoms with Gasteiger partial charge in [-0.05, 0) is 11.1 Å². The van der Waals surface area contributed by atoms with E-state index in [0.717, 1.165) is 16.0 Å². The van der Waals surface area contributed by atoms with E-state index in [9.17, 15) is 24.3 Å². The Hall–Kier alpha value is -2.52. The molecule has 3 rings (SSSR count). The topological polar surface area (TPSA) is 113 Å². The molecule has 10 heteroatoms. The third-order valence-electron chi connectivity index (χ3n) is 4.56. The maximum absolute atomic E-state index is 12.5. The first-order valence-electron chi connectivity index (χ1n) is 8.78. The van der Waals surface area contributed by atoms with Gasteiger partial charge in [0.05, 0.1) is 6.42 Å². The quantitative estimate of drug-likeness (QED) is 0.374. The number of carboxylic acid groups (broad SMARTS) is 1. The first kappa shape index (κ1) is 21.2. The summed E-state index contributed by atoms with van der Waals surface area (Å²) in [6, 6.07) is 6.47. The molecule has 2 atom stereocenters. The van der Waals surface area contributed by atoms with Gasteiger partial charge in [0, 0.05) is 24.1 Å². The second kappa shape index (κ2) is 8.87. The van der Waals surface area contributed by atoms with Crippen molar-refractivity contribution in [1.29, 1.82) is 0 Å². The number of ether oxygens (including phenoxy) is 1. The van der Waals surface area contributed by atoms with Crippen LogP contribution in [0.5, 0.6) is 0 Å². The molecule has 1 aromatic carbocycles. The average molecular weight is 439 g/mol. The summed E-state index contributed by atoms with van der Waals surface area (Å²) < 4.78 is 4.89. The molecule has 1 aromatic rings. The molecule has 2 unspecified atom stereocenters. The number of esters is 1. The van der Waals surface area contributed by atoms with Crippen molar-refractivity contribution in [3.63, 3.8) is 0 Å². The van der Waals surface area contributed by atoms with Crippen molar-refractivity contribution in [1.82, 2.24) is 10.2 Å². The van der Waals surface area contributed by atoms with Crippen LogP contribution in [0.25, 0.3) is 0 Å². The predicted molar refractivity (Wildman–Crippen MR) is 106 cm³/mol. The molecule has 2 heterocycles. The summed E-state index contributed by atoms with van der Waals surface area (Å²) in [6.07, 6.45) is 0.100. The van der Waals surface area contributed by atoms with Gasteiger partial charge >= 0.3 is 11.9 Å². The van der Waals surface area contributed by atoms with E-state index in [0.29, 0.717) is 11.5 Å². The van der Waals surface area contributed by atoms with Gasteiger partial charge in [-0.2, -0.15) is 0 Å². The number of carboxylic acids is 1. The van der Waals surface area contributed by atoms with Crippen LogP contribution in [0.2, 0.25) is 0 Å². The van der Waals surface area contributed by atoms with Crippen molar-refractivity contribution in [3.05, 3.63) is 46.7 Å². The van der Waals surface area contributed by atoms with Crippen molar-refractivity contribution in [3.8, 4) is 0 Å². The van der Waals surface area contributed by atoms with Crippen LogP contribution in [0.4, 0.5) is 0 Å². The van der Waals surface area contributed by atoms with Gasteiger partial charge in [0.1, 0.15) is 23.7 Å². The molecule has 0 saturated carbocycles. The van der Waals surface area contributed by atoms with Crippen LogP contribution in [-0.2, 0) is 36.2 Å². The average Bonchev–Trinajstić information content (AvgIpc) is 2.70. The molecule has 0 radical (unpaired) electrons. The summed E-state index contributed by atoms with van der Waals surface area (Å²) in [5.41, 5.74) is 1.90. The highest BCUT2D eigenvalue weighted by atomic mass is 35.5. The lowest BCUT2D eigenvalue weighted by molar-refractivity contribution is -0.151. The molecule has 0 aromatic heterocycles. The van der Waals surface area contributed by atoms with Crippen LogP contribution in [0.1, 0.15) is 18.1 Å². The van der Waals surface area contributed by atoms with E-state index in [-0.39, 0.29) is 30.4 Å². The number of carbonyl (C=O) groups excluding carboxylic acids is 3. The van der Waals surface area contributed by atoms with Gasteiger partial charge in [0.25, 0.3) is 5.91 Å². The Morgan fingerprint density at radius 1 is 1.28 bits per heavy atom. The van der Waals surface area contributed by atoms with Crippen LogP contribution in [0.3, 0.4) is 0 Å². The molecular formula is C19H19ClN2O6S. The third-order valence-corrected chi connectivity index (χ3v) is 6.21. The molecule has 2 aliphatic heterocycles. The minimum atomic E-state index is -1.27. The molecule has 154 valence electrons. The maximum Gasteiger partial charge on any atom is 0.352 e. The number of thioether (sulfide) groups is 1. The SMILES string of the molecule is CC(=O)OCC1=C(C(=O)O)N2C(=O)C(NC(=O)Cc3ccc(CCl)cc3)C2SC1. The molecule has 2 N–H and O–H groups in total. The lowest BCUT2D eigenvalue weighted by atomic mass is 10.0. The summed E-state index contributed by atoms with van der Waals surface area (Å²) in [5, 5.41) is 11.7. The smallest absolute Gasteiger partial charge is 0.352 e. The second-order valence-electron chi connectivity index (χ2n) is 6.62.